The summed E-state index contributed by atoms with van der Waals surface area (Å²) in [5, 5.41) is 1.90. The van der Waals surface area contributed by atoms with Crippen molar-refractivity contribution in [3.8, 4) is 0 Å². The first-order valence-electron chi connectivity index (χ1n) is 10.3. The molecule has 0 spiro atoms. The highest BCUT2D eigenvalue weighted by atomic mass is 19.4. The van der Waals surface area contributed by atoms with Crippen molar-refractivity contribution in [1.82, 2.24) is 10.3 Å². The molecule has 0 fully saturated rings. The number of halogens is 3. The number of ketones is 1. The largest absolute Gasteiger partial charge is 0.425 e. The van der Waals surface area contributed by atoms with Gasteiger partial charge in [-0.1, -0.05) is 31.5 Å². The third-order valence-electron chi connectivity index (χ3n) is 5.98. The van der Waals surface area contributed by atoms with E-state index in [1.165, 1.54) is 36.7 Å². The summed E-state index contributed by atoms with van der Waals surface area (Å²) in [7, 11) is 0. The van der Waals surface area contributed by atoms with Crippen LogP contribution in [0.2, 0.25) is 0 Å². The average molecular weight is 457 g/mol. The zero-order chi connectivity index (χ0) is 24.2. The van der Waals surface area contributed by atoms with Crippen molar-refractivity contribution < 1.29 is 27.6 Å². The number of hydrogen-bond acceptors (Lipinski definition) is 4. The van der Waals surface area contributed by atoms with Gasteiger partial charge in [0.15, 0.2) is 5.78 Å². The molecule has 1 atom stereocenters. The molecule has 1 aromatic carbocycles. The molecular weight excluding hydrogens is 435 g/mol. The van der Waals surface area contributed by atoms with E-state index in [4.69, 9.17) is 0 Å². The van der Waals surface area contributed by atoms with Crippen LogP contribution in [0.3, 0.4) is 0 Å². The molecule has 0 bridgehead atoms. The molecule has 4 rings (SSSR count). The molecule has 1 aliphatic carbocycles. The Bertz CT molecular complexity index is 1170. The van der Waals surface area contributed by atoms with Crippen molar-refractivity contribution in [2.45, 2.75) is 45.3 Å². The Hall–Kier alpha value is -3.49. The summed E-state index contributed by atoms with van der Waals surface area (Å²) in [5.74, 6) is -3.35. The molecule has 1 aliphatic heterocycles. The Kier molecular flexibility index (Phi) is 5.18. The molecule has 0 saturated heterocycles. The summed E-state index contributed by atoms with van der Waals surface area (Å²) in [5.41, 5.74) is -3.93. The van der Waals surface area contributed by atoms with Crippen LogP contribution in [0.4, 0.5) is 18.9 Å². The number of alkyl halides is 3. The Morgan fingerprint density at radius 2 is 1.64 bits per heavy atom. The van der Waals surface area contributed by atoms with Gasteiger partial charge in [-0.25, -0.2) is 0 Å². The summed E-state index contributed by atoms with van der Waals surface area (Å²) < 4.78 is 44.3. The summed E-state index contributed by atoms with van der Waals surface area (Å²) in [4.78, 5) is 44.3. The number of nitrogens with zero attached hydrogens (tertiary/aromatic N) is 2. The monoisotopic (exact) mass is 457 g/mol. The maximum atomic E-state index is 14.8. The van der Waals surface area contributed by atoms with Gasteiger partial charge in [0.1, 0.15) is 0 Å². The fraction of sp³-hybridized carbons (Fsp3) is 0.333. The predicted octanol–water partition coefficient (Wildman–Crippen LogP) is 4.11. The van der Waals surface area contributed by atoms with Crippen molar-refractivity contribution in [3.63, 3.8) is 0 Å². The SMILES string of the molecule is Cc1ccc(N2C(=O)[C@@](NC(=O)c3ccncc3)(C(F)(F)F)C3=C2CC(C)(C)CC3=O)cc1. The van der Waals surface area contributed by atoms with E-state index >= 15 is 0 Å². The molecule has 6 nitrogen and oxygen atoms in total. The summed E-state index contributed by atoms with van der Waals surface area (Å²) in [6.45, 7) is 5.33. The molecule has 1 aromatic heterocycles. The van der Waals surface area contributed by atoms with E-state index in [0.717, 1.165) is 10.5 Å². The Balaban J connectivity index is 1.94. The van der Waals surface area contributed by atoms with Gasteiger partial charge in [-0.15, -0.1) is 0 Å². The van der Waals surface area contributed by atoms with Gasteiger partial charge >= 0.3 is 6.18 Å². The molecule has 2 aromatic rings. The van der Waals surface area contributed by atoms with Crippen molar-refractivity contribution in [2.75, 3.05) is 4.90 Å². The van der Waals surface area contributed by atoms with E-state index in [9.17, 15) is 27.6 Å². The van der Waals surface area contributed by atoms with Gasteiger partial charge in [-0.05, 0) is 43.0 Å². The van der Waals surface area contributed by atoms with E-state index in [2.05, 4.69) is 4.98 Å². The number of pyridine rings is 1. The van der Waals surface area contributed by atoms with E-state index in [1.54, 1.807) is 26.0 Å². The smallest absolute Gasteiger partial charge is 0.326 e. The van der Waals surface area contributed by atoms with E-state index < -0.39 is 40.3 Å². The van der Waals surface area contributed by atoms with Crippen LogP contribution in [0.15, 0.2) is 60.1 Å². The molecule has 33 heavy (non-hydrogen) atoms. The van der Waals surface area contributed by atoms with Gasteiger partial charge in [0.05, 0.1) is 5.57 Å². The van der Waals surface area contributed by atoms with Crippen molar-refractivity contribution in [2.24, 2.45) is 5.41 Å². The minimum atomic E-state index is -5.26. The lowest BCUT2D eigenvalue weighted by molar-refractivity contribution is -0.186. The number of aryl methyl sites for hydroxylation is 1. The number of amides is 2. The van der Waals surface area contributed by atoms with Gasteiger partial charge in [0.25, 0.3) is 11.8 Å². The average Bonchev–Trinajstić information content (AvgIpc) is 2.97. The number of rotatable bonds is 3. The number of carbonyl (C=O) groups excluding carboxylic acids is 3. The molecule has 9 heteroatoms. The van der Waals surface area contributed by atoms with Gasteiger partial charge in [-0.2, -0.15) is 13.2 Å². The van der Waals surface area contributed by atoms with Crippen LogP contribution in [0.1, 0.15) is 42.6 Å². The number of aromatic nitrogens is 1. The molecular formula is C24H22F3N3O3. The fourth-order valence-electron chi connectivity index (χ4n) is 4.46. The molecule has 1 N–H and O–H groups in total. The first-order chi connectivity index (χ1) is 15.4. The second kappa shape index (κ2) is 7.54. The highest BCUT2D eigenvalue weighted by Crippen LogP contribution is 2.52. The van der Waals surface area contributed by atoms with Gasteiger partial charge in [0.2, 0.25) is 5.54 Å². The number of anilines is 1. The van der Waals surface area contributed by atoms with E-state index in [-0.39, 0.29) is 29.8 Å². The minimum absolute atomic E-state index is 0.0301. The standard InChI is InChI=1S/C24H22F3N3O3/c1-14-4-6-16(7-5-14)30-17-12-22(2,3)13-18(31)19(17)23(21(30)33,24(25,26)27)29-20(32)15-8-10-28-11-9-15/h4-11H,12-13H2,1-3H3,(H,29,32)/t23-/m1/s1. The molecule has 172 valence electrons. The van der Waals surface area contributed by atoms with Crippen molar-refractivity contribution >= 4 is 23.3 Å². The fourth-order valence-corrected chi connectivity index (χ4v) is 4.46. The number of nitrogens with one attached hydrogen (secondary N) is 1. The van der Waals surface area contributed by atoms with Gasteiger partial charge in [0, 0.05) is 35.8 Å². The second-order valence-electron chi connectivity index (χ2n) is 9.18. The summed E-state index contributed by atoms with van der Waals surface area (Å²) in [6, 6.07) is 8.86. The van der Waals surface area contributed by atoms with Gasteiger partial charge < -0.3 is 5.32 Å². The number of allylic oxidation sites excluding steroid dienone is 1. The van der Waals surface area contributed by atoms with Crippen LogP contribution in [0.25, 0.3) is 0 Å². The molecule has 2 heterocycles. The van der Waals surface area contributed by atoms with Crippen molar-refractivity contribution in [3.05, 3.63) is 71.2 Å². The normalized spacial score (nSPS) is 22.4. The molecule has 0 radical (unpaired) electrons. The number of Topliss-reactive ketones (excluding diaryl/α,β-unsaturated/α-hetero) is 1. The lowest BCUT2D eigenvalue weighted by Crippen LogP contribution is -2.66. The molecule has 2 aliphatic rings. The zero-order valence-electron chi connectivity index (χ0n) is 18.3. The molecule has 0 unspecified atom stereocenters. The minimum Gasteiger partial charge on any atom is -0.326 e. The third kappa shape index (κ3) is 3.61. The van der Waals surface area contributed by atoms with Crippen LogP contribution in [0, 0.1) is 12.3 Å². The predicted molar refractivity (Wildman–Crippen MR) is 114 cm³/mol. The Morgan fingerprint density at radius 1 is 1.03 bits per heavy atom. The Morgan fingerprint density at radius 3 is 2.21 bits per heavy atom. The summed E-state index contributed by atoms with van der Waals surface area (Å²) in [6.07, 6.45) is -2.86. The number of carbonyl (C=O) groups is 3. The zero-order valence-corrected chi connectivity index (χ0v) is 18.3. The Labute approximate surface area is 188 Å². The molecule has 2 amide bonds. The van der Waals surface area contributed by atoms with Crippen LogP contribution < -0.4 is 10.2 Å². The first-order valence-corrected chi connectivity index (χ1v) is 10.3. The second-order valence-corrected chi connectivity index (χ2v) is 9.18. The quantitative estimate of drug-likeness (QED) is 0.753. The maximum Gasteiger partial charge on any atom is 0.425 e. The van der Waals surface area contributed by atoms with Crippen LogP contribution in [-0.4, -0.2) is 34.3 Å². The van der Waals surface area contributed by atoms with Crippen LogP contribution in [-0.2, 0) is 9.59 Å². The van der Waals surface area contributed by atoms with E-state index in [0.29, 0.717) is 0 Å². The lowest BCUT2D eigenvalue weighted by Gasteiger charge is -2.35. The highest BCUT2D eigenvalue weighted by Gasteiger charge is 2.72. The lowest BCUT2D eigenvalue weighted by atomic mass is 9.72. The maximum absolute atomic E-state index is 14.8. The van der Waals surface area contributed by atoms with E-state index in [1.807, 2.05) is 12.2 Å². The number of hydrogen-bond donors (Lipinski definition) is 1. The number of benzene rings is 1. The van der Waals surface area contributed by atoms with Crippen LogP contribution >= 0.6 is 0 Å². The van der Waals surface area contributed by atoms with Gasteiger partial charge in [-0.3, -0.25) is 24.3 Å². The van der Waals surface area contributed by atoms with Crippen molar-refractivity contribution in [1.29, 1.82) is 0 Å². The first kappa shape index (κ1) is 22.7. The third-order valence-corrected chi connectivity index (χ3v) is 5.98. The topological polar surface area (TPSA) is 79.4 Å². The van der Waals surface area contributed by atoms with Crippen LogP contribution in [0.5, 0.6) is 0 Å². The summed E-state index contributed by atoms with van der Waals surface area (Å²) >= 11 is 0. The molecule has 0 saturated carbocycles. The highest BCUT2D eigenvalue weighted by molar-refractivity contribution is 6.21.